The van der Waals surface area contributed by atoms with Crippen LogP contribution in [0.25, 0.3) is 11.1 Å². The molecule has 1 unspecified atom stereocenters. The molecule has 4 nitrogen and oxygen atoms in total. The second kappa shape index (κ2) is 15.5. The Kier molecular flexibility index (Phi) is 11.4. The first kappa shape index (κ1) is 41.2. The summed E-state index contributed by atoms with van der Waals surface area (Å²) in [6, 6.07) is 37.8. The summed E-state index contributed by atoms with van der Waals surface area (Å²) in [5, 5.41) is 3.87. The fraction of sp³-hybridized carbons (Fsp3) is 0.392. The Morgan fingerprint density at radius 1 is 0.518 bits per heavy atom. The lowest BCUT2D eigenvalue weighted by Crippen LogP contribution is -2.29. The SMILES string of the molecule is COc1c(C(C)(C)C)cc(P(c2cc(C(C)(C)C)c(OC)c(C(C)(C)C)c2)c2ccccc2-c2ccccc2C2=NC(c3ccccc3)CO2)cc1C(C)(C)C. The predicted molar refractivity (Wildman–Crippen MR) is 240 cm³/mol. The minimum absolute atomic E-state index is 0.0384. The van der Waals surface area contributed by atoms with E-state index in [0.29, 0.717) is 12.5 Å². The molecular formula is C51H62NO3P. The maximum absolute atomic E-state index is 6.43. The molecule has 0 saturated heterocycles. The Morgan fingerprint density at radius 3 is 1.34 bits per heavy atom. The topological polar surface area (TPSA) is 40.0 Å². The molecule has 5 aromatic rings. The zero-order valence-electron chi connectivity index (χ0n) is 36.2. The number of hydrogen-bond donors (Lipinski definition) is 0. The van der Waals surface area contributed by atoms with Crippen LogP contribution in [0.3, 0.4) is 0 Å². The summed E-state index contributed by atoms with van der Waals surface area (Å²) in [6.45, 7) is 28.0. The van der Waals surface area contributed by atoms with E-state index in [1.54, 1.807) is 0 Å². The van der Waals surface area contributed by atoms with E-state index in [1.165, 1.54) is 43.7 Å². The maximum atomic E-state index is 6.43. The van der Waals surface area contributed by atoms with Gasteiger partial charge in [-0.15, -0.1) is 0 Å². The first-order chi connectivity index (χ1) is 26.2. The first-order valence-electron chi connectivity index (χ1n) is 19.9. The molecule has 1 atom stereocenters. The van der Waals surface area contributed by atoms with Gasteiger partial charge in [-0.25, -0.2) is 4.99 Å². The lowest BCUT2D eigenvalue weighted by molar-refractivity contribution is 0.320. The molecule has 0 aromatic heterocycles. The van der Waals surface area contributed by atoms with Crippen molar-refractivity contribution in [1.82, 2.24) is 0 Å². The maximum Gasteiger partial charge on any atom is 0.217 e. The molecule has 0 radical (unpaired) electrons. The van der Waals surface area contributed by atoms with E-state index >= 15 is 0 Å². The van der Waals surface area contributed by atoms with E-state index in [0.717, 1.165) is 28.2 Å². The standard InChI is InChI=1S/C51H62NO3P/c1-48(2,3)39-28-34(29-40(45(39)53-13)49(4,5)6)56(35-30-41(50(7,8)9)46(54-14)42(31-35)51(10,11)12)44-27-21-20-25-37(44)36-24-18-19-26-38(36)47-52-43(32-55-47)33-22-16-15-17-23-33/h15-31,43H,32H2,1-14H3. The number of ether oxygens (including phenoxy) is 3. The van der Waals surface area contributed by atoms with Crippen molar-refractivity contribution in [3.8, 4) is 22.6 Å². The van der Waals surface area contributed by atoms with Gasteiger partial charge in [0.2, 0.25) is 5.90 Å². The third-order valence-electron chi connectivity index (χ3n) is 10.7. The average molecular weight is 768 g/mol. The summed E-state index contributed by atoms with van der Waals surface area (Å²) in [7, 11) is 2.50. The monoisotopic (exact) mass is 767 g/mol. The Bertz CT molecular complexity index is 2070. The van der Waals surface area contributed by atoms with E-state index in [2.05, 4.69) is 180 Å². The number of aliphatic imine (C=N–C) groups is 1. The highest BCUT2D eigenvalue weighted by Crippen LogP contribution is 2.47. The molecular weight excluding hydrogens is 706 g/mol. The lowest BCUT2D eigenvalue weighted by Gasteiger charge is -2.34. The van der Waals surface area contributed by atoms with Crippen molar-refractivity contribution in [2.75, 3.05) is 20.8 Å². The molecule has 294 valence electrons. The normalized spacial score (nSPS) is 15.1. The van der Waals surface area contributed by atoms with Crippen molar-refractivity contribution in [1.29, 1.82) is 0 Å². The highest BCUT2D eigenvalue weighted by molar-refractivity contribution is 7.80. The van der Waals surface area contributed by atoms with Gasteiger partial charge in [0.15, 0.2) is 0 Å². The molecule has 6 rings (SSSR count). The predicted octanol–water partition coefficient (Wildman–Crippen LogP) is 11.8. The van der Waals surface area contributed by atoms with Gasteiger partial charge in [-0.2, -0.15) is 0 Å². The van der Waals surface area contributed by atoms with Crippen LogP contribution < -0.4 is 25.4 Å². The van der Waals surface area contributed by atoms with Crippen LogP contribution in [0.1, 0.15) is 123 Å². The molecule has 0 saturated carbocycles. The summed E-state index contributed by atoms with van der Waals surface area (Å²) < 4.78 is 19.0. The molecule has 0 amide bonds. The van der Waals surface area contributed by atoms with Crippen LogP contribution in [0, 0.1) is 0 Å². The molecule has 0 fully saturated rings. The van der Waals surface area contributed by atoms with Gasteiger partial charge in [0.05, 0.1) is 14.2 Å². The summed E-state index contributed by atoms with van der Waals surface area (Å²) in [5.41, 5.74) is 8.70. The molecule has 0 spiro atoms. The van der Waals surface area contributed by atoms with Gasteiger partial charge in [-0.05, 0) is 92.5 Å². The van der Waals surface area contributed by atoms with Crippen molar-refractivity contribution in [2.45, 2.75) is 111 Å². The molecule has 0 N–H and O–H groups in total. The Morgan fingerprint density at radius 2 is 0.911 bits per heavy atom. The van der Waals surface area contributed by atoms with Crippen LogP contribution in [0.15, 0.2) is 108 Å². The van der Waals surface area contributed by atoms with Crippen molar-refractivity contribution in [3.05, 3.63) is 137 Å². The number of methoxy groups -OCH3 is 2. The van der Waals surface area contributed by atoms with Crippen molar-refractivity contribution < 1.29 is 14.2 Å². The molecule has 1 aliphatic rings. The zero-order chi connectivity index (χ0) is 40.8. The van der Waals surface area contributed by atoms with Crippen LogP contribution in [0.2, 0.25) is 0 Å². The van der Waals surface area contributed by atoms with Crippen LogP contribution in [0.5, 0.6) is 11.5 Å². The third-order valence-corrected chi connectivity index (χ3v) is 13.2. The molecule has 5 aromatic carbocycles. The Hall–Kier alpha value is -4.40. The van der Waals surface area contributed by atoms with Crippen molar-refractivity contribution >= 4 is 29.7 Å². The van der Waals surface area contributed by atoms with E-state index in [-0.39, 0.29) is 27.7 Å². The van der Waals surface area contributed by atoms with Gasteiger partial charge in [-0.3, -0.25) is 0 Å². The van der Waals surface area contributed by atoms with Gasteiger partial charge in [0, 0.05) is 27.8 Å². The Labute approximate surface area is 338 Å². The van der Waals surface area contributed by atoms with Gasteiger partial charge in [-0.1, -0.05) is 156 Å². The van der Waals surface area contributed by atoms with Crippen molar-refractivity contribution in [3.63, 3.8) is 0 Å². The molecule has 1 aliphatic heterocycles. The molecule has 0 aliphatic carbocycles. The van der Waals surface area contributed by atoms with Crippen LogP contribution >= 0.6 is 7.92 Å². The largest absolute Gasteiger partial charge is 0.496 e. The molecule has 1 heterocycles. The molecule has 5 heteroatoms. The van der Waals surface area contributed by atoms with Crippen LogP contribution in [-0.2, 0) is 26.4 Å². The fourth-order valence-electron chi connectivity index (χ4n) is 7.75. The van der Waals surface area contributed by atoms with Gasteiger partial charge in [0.1, 0.15) is 24.1 Å². The van der Waals surface area contributed by atoms with Crippen molar-refractivity contribution in [2.24, 2.45) is 4.99 Å². The van der Waals surface area contributed by atoms with Crippen LogP contribution in [-0.4, -0.2) is 26.7 Å². The highest BCUT2D eigenvalue weighted by atomic mass is 31.1. The minimum atomic E-state index is -1.14. The smallest absolute Gasteiger partial charge is 0.217 e. The zero-order valence-corrected chi connectivity index (χ0v) is 37.1. The van der Waals surface area contributed by atoms with Crippen LogP contribution in [0.4, 0.5) is 0 Å². The number of rotatable bonds is 8. The summed E-state index contributed by atoms with van der Waals surface area (Å²) in [6.07, 6.45) is 0. The quantitative estimate of drug-likeness (QED) is 0.148. The summed E-state index contributed by atoms with van der Waals surface area (Å²) in [4.78, 5) is 5.17. The van der Waals surface area contributed by atoms with E-state index in [1.807, 2.05) is 20.3 Å². The fourth-order valence-corrected chi connectivity index (χ4v) is 10.3. The summed E-state index contributed by atoms with van der Waals surface area (Å²) >= 11 is 0. The lowest BCUT2D eigenvalue weighted by atomic mass is 9.79. The van der Waals surface area contributed by atoms with E-state index in [4.69, 9.17) is 19.2 Å². The minimum Gasteiger partial charge on any atom is -0.496 e. The molecule has 56 heavy (non-hydrogen) atoms. The highest BCUT2D eigenvalue weighted by Gasteiger charge is 2.34. The first-order valence-corrected chi connectivity index (χ1v) is 21.3. The van der Waals surface area contributed by atoms with Gasteiger partial charge < -0.3 is 14.2 Å². The van der Waals surface area contributed by atoms with E-state index < -0.39 is 7.92 Å². The second-order valence-electron chi connectivity index (χ2n) is 19.2. The number of hydrogen-bond acceptors (Lipinski definition) is 4. The molecule has 0 bridgehead atoms. The van der Waals surface area contributed by atoms with Gasteiger partial charge >= 0.3 is 0 Å². The average Bonchev–Trinajstić information content (AvgIpc) is 3.64. The third kappa shape index (κ3) is 8.33. The van der Waals surface area contributed by atoms with Gasteiger partial charge in [0.25, 0.3) is 0 Å². The Balaban J connectivity index is 1.70. The number of benzene rings is 5. The summed E-state index contributed by atoms with van der Waals surface area (Å²) in [5.74, 6) is 2.65. The van der Waals surface area contributed by atoms with E-state index in [9.17, 15) is 0 Å². The second-order valence-corrected chi connectivity index (χ2v) is 21.4. The number of nitrogens with zero attached hydrogens (tertiary/aromatic N) is 1.